The van der Waals surface area contributed by atoms with Crippen molar-refractivity contribution in [2.75, 3.05) is 0 Å². The third-order valence-corrected chi connectivity index (χ3v) is 6.69. The van der Waals surface area contributed by atoms with Gasteiger partial charge in [-0.3, -0.25) is 4.79 Å². The highest BCUT2D eigenvalue weighted by molar-refractivity contribution is 7.89. The predicted octanol–water partition coefficient (Wildman–Crippen LogP) is 3.33. The lowest BCUT2D eigenvalue weighted by atomic mass is 10.1. The number of pyridine rings is 1. The molecule has 1 heterocycles. The molecule has 0 atom stereocenters. The normalized spacial score (nSPS) is 14.8. The summed E-state index contributed by atoms with van der Waals surface area (Å²) in [6.45, 7) is 1.95. The van der Waals surface area contributed by atoms with Crippen LogP contribution in [0.25, 0.3) is 10.9 Å². The molecule has 1 saturated carbocycles. The largest absolute Gasteiger partial charge is 0.322 e. The molecule has 0 unspecified atom stereocenters. The molecule has 1 fully saturated rings. The number of hydrogen-bond donors (Lipinski definition) is 1. The number of aromatic nitrogens is 1. The molecule has 0 spiro atoms. The molecule has 4 rings (SSSR count). The molecular weight excluding hydrogens is 367 g/mol. The van der Waals surface area contributed by atoms with Crippen LogP contribution in [0.5, 0.6) is 0 Å². The van der Waals surface area contributed by atoms with Crippen LogP contribution >= 0.6 is 0 Å². The number of benzene rings is 2. The maximum absolute atomic E-state index is 13.2. The fourth-order valence-electron chi connectivity index (χ4n) is 3.17. The molecule has 1 aromatic heterocycles. The Morgan fingerprint density at radius 3 is 2.48 bits per heavy atom. The zero-order valence-electron chi connectivity index (χ0n) is 14.8. The topological polar surface area (TPSA) is 70.2 Å². The van der Waals surface area contributed by atoms with Crippen molar-refractivity contribution in [3.05, 3.63) is 75.8 Å². The van der Waals surface area contributed by atoms with E-state index < -0.39 is 15.8 Å². The number of aromatic amines is 1. The van der Waals surface area contributed by atoms with Crippen molar-refractivity contribution in [2.45, 2.75) is 37.2 Å². The van der Waals surface area contributed by atoms with Gasteiger partial charge in [0.05, 0.1) is 4.90 Å². The molecule has 140 valence electrons. The number of nitrogens with zero attached hydrogens (tertiary/aromatic N) is 1. The van der Waals surface area contributed by atoms with Gasteiger partial charge >= 0.3 is 0 Å². The number of hydrogen-bond acceptors (Lipinski definition) is 3. The second kappa shape index (κ2) is 6.58. The number of aryl methyl sites for hydroxylation is 1. The summed E-state index contributed by atoms with van der Waals surface area (Å²) >= 11 is 0. The highest BCUT2D eigenvalue weighted by atomic mass is 32.2. The van der Waals surface area contributed by atoms with Crippen molar-refractivity contribution in [2.24, 2.45) is 0 Å². The SMILES string of the molecule is Cc1ccc2[nH]c(=O)c(CN(C3CC3)S(=O)(=O)c3ccc(F)cc3)cc2c1. The van der Waals surface area contributed by atoms with E-state index in [-0.39, 0.29) is 23.0 Å². The van der Waals surface area contributed by atoms with Crippen LogP contribution in [0.4, 0.5) is 4.39 Å². The summed E-state index contributed by atoms with van der Waals surface area (Å²) < 4.78 is 40.6. The van der Waals surface area contributed by atoms with Gasteiger partial charge < -0.3 is 4.98 Å². The Hall–Kier alpha value is -2.51. The maximum Gasteiger partial charge on any atom is 0.252 e. The van der Waals surface area contributed by atoms with Crippen LogP contribution in [0.2, 0.25) is 0 Å². The van der Waals surface area contributed by atoms with Crippen molar-refractivity contribution in [1.29, 1.82) is 0 Å². The third-order valence-electron chi connectivity index (χ3n) is 4.78. The maximum atomic E-state index is 13.2. The molecule has 7 heteroatoms. The Labute approximate surface area is 156 Å². The van der Waals surface area contributed by atoms with E-state index in [0.29, 0.717) is 11.1 Å². The van der Waals surface area contributed by atoms with Crippen LogP contribution in [0.15, 0.2) is 58.2 Å². The monoisotopic (exact) mass is 386 g/mol. The van der Waals surface area contributed by atoms with E-state index in [4.69, 9.17) is 0 Å². The molecule has 5 nitrogen and oxygen atoms in total. The minimum absolute atomic E-state index is 0.0103. The quantitative estimate of drug-likeness (QED) is 0.731. The fourth-order valence-corrected chi connectivity index (χ4v) is 4.83. The van der Waals surface area contributed by atoms with Gasteiger partial charge in [0, 0.05) is 23.7 Å². The summed E-state index contributed by atoms with van der Waals surface area (Å²) in [6.07, 6.45) is 1.51. The zero-order valence-corrected chi connectivity index (χ0v) is 15.6. The summed E-state index contributed by atoms with van der Waals surface area (Å²) in [5.41, 5.74) is 1.86. The zero-order chi connectivity index (χ0) is 19.2. The summed E-state index contributed by atoms with van der Waals surface area (Å²) in [5, 5.41) is 0.861. The van der Waals surface area contributed by atoms with Crippen LogP contribution in [-0.4, -0.2) is 23.7 Å². The first-order valence-electron chi connectivity index (χ1n) is 8.74. The molecular formula is C20H19FN2O3S. The van der Waals surface area contributed by atoms with Crippen LogP contribution in [-0.2, 0) is 16.6 Å². The molecule has 27 heavy (non-hydrogen) atoms. The first kappa shape index (κ1) is 17.9. The van der Waals surface area contributed by atoms with Crippen molar-refractivity contribution in [1.82, 2.24) is 9.29 Å². The van der Waals surface area contributed by atoms with Crippen molar-refractivity contribution in [3.63, 3.8) is 0 Å². The predicted molar refractivity (Wildman–Crippen MR) is 101 cm³/mol. The highest BCUT2D eigenvalue weighted by Gasteiger charge is 2.38. The molecule has 0 radical (unpaired) electrons. The second-order valence-corrected chi connectivity index (χ2v) is 8.84. The van der Waals surface area contributed by atoms with E-state index in [0.717, 1.165) is 35.9 Å². The Balaban J connectivity index is 1.74. The molecule has 1 aliphatic carbocycles. The van der Waals surface area contributed by atoms with Crippen molar-refractivity contribution >= 4 is 20.9 Å². The third kappa shape index (κ3) is 3.52. The van der Waals surface area contributed by atoms with Crippen molar-refractivity contribution < 1.29 is 12.8 Å². The smallest absolute Gasteiger partial charge is 0.252 e. The number of nitrogens with one attached hydrogen (secondary N) is 1. The standard InChI is InChI=1S/C20H19FN2O3S/c1-13-2-9-19-14(10-13)11-15(20(24)22-19)12-23(17-5-6-17)27(25,26)18-7-3-16(21)4-8-18/h2-4,7-11,17H,5-6,12H2,1H3,(H,22,24). The van der Waals surface area contributed by atoms with E-state index in [1.807, 2.05) is 25.1 Å². The molecule has 1 N–H and O–H groups in total. The van der Waals surface area contributed by atoms with E-state index in [1.54, 1.807) is 6.07 Å². The lowest BCUT2D eigenvalue weighted by Crippen LogP contribution is -2.34. The van der Waals surface area contributed by atoms with Gasteiger partial charge in [-0.15, -0.1) is 0 Å². The van der Waals surface area contributed by atoms with E-state index in [9.17, 15) is 17.6 Å². The van der Waals surface area contributed by atoms with Crippen LogP contribution in [0.1, 0.15) is 24.0 Å². The molecule has 2 aromatic carbocycles. The van der Waals surface area contributed by atoms with Crippen molar-refractivity contribution in [3.8, 4) is 0 Å². The lowest BCUT2D eigenvalue weighted by Gasteiger charge is -2.22. The molecule has 0 aliphatic heterocycles. The summed E-state index contributed by atoms with van der Waals surface area (Å²) in [5.74, 6) is -0.492. The Morgan fingerprint density at radius 2 is 1.81 bits per heavy atom. The summed E-state index contributed by atoms with van der Waals surface area (Å²) in [4.78, 5) is 15.3. The van der Waals surface area contributed by atoms with Crippen LogP contribution in [0.3, 0.4) is 0 Å². The second-order valence-electron chi connectivity index (χ2n) is 6.95. The molecule has 0 bridgehead atoms. The minimum Gasteiger partial charge on any atom is -0.322 e. The van der Waals surface area contributed by atoms with Gasteiger partial charge in [-0.05, 0) is 67.6 Å². The summed E-state index contributed by atoms with van der Waals surface area (Å²) in [7, 11) is -3.82. The number of halogens is 1. The first-order valence-corrected chi connectivity index (χ1v) is 10.2. The van der Waals surface area contributed by atoms with Gasteiger partial charge in [-0.2, -0.15) is 4.31 Å². The minimum atomic E-state index is -3.82. The lowest BCUT2D eigenvalue weighted by molar-refractivity contribution is 0.397. The molecule has 0 saturated heterocycles. The fraction of sp³-hybridized carbons (Fsp3) is 0.250. The highest BCUT2D eigenvalue weighted by Crippen LogP contribution is 2.33. The van der Waals surface area contributed by atoms with E-state index in [1.165, 1.54) is 16.4 Å². The van der Waals surface area contributed by atoms with Gasteiger partial charge in [0.15, 0.2) is 0 Å². The number of H-pyrrole nitrogens is 1. The van der Waals surface area contributed by atoms with Crippen LogP contribution < -0.4 is 5.56 Å². The number of sulfonamides is 1. The van der Waals surface area contributed by atoms with Gasteiger partial charge in [-0.25, -0.2) is 12.8 Å². The van der Waals surface area contributed by atoms with E-state index in [2.05, 4.69) is 4.98 Å². The van der Waals surface area contributed by atoms with Gasteiger partial charge in [0.1, 0.15) is 5.82 Å². The Bertz CT molecular complexity index is 1170. The van der Waals surface area contributed by atoms with Gasteiger partial charge in [0.2, 0.25) is 10.0 Å². The Kier molecular flexibility index (Phi) is 4.36. The molecule has 3 aromatic rings. The van der Waals surface area contributed by atoms with Gasteiger partial charge in [0.25, 0.3) is 5.56 Å². The number of rotatable bonds is 5. The van der Waals surface area contributed by atoms with E-state index >= 15 is 0 Å². The summed E-state index contributed by atoms with van der Waals surface area (Å²) in [6, 6.07) is 12.1. The molecule has 1 aliphatic rings. The van der Waals surface area contributed by atoms with Crippen LogP contribution in [0, 0.1) is 12.7 Å². The number of fused-ring (bicyclic) bond motifs is 1. The average molecular weight is 386 g/mol. The van der Waals surface area contributed by atoms with Gasteiger partial charge in [-0.1, -0.05) is 11.6 Å². The first-order chi connectivity index (χ1) is 12.8. The molecule has 0 amide bonds. The average Bonchev–Trinajstić information content (AvgIpc) is 3.45. The Morgan fingerprint density at radius 1 is 1.11 bits per heavy atom.